The zero-order valence-corrected chi connectivity index (χ0v) is 17.2. The first-order valence-corrected chi connectivity index (χ1v) is 12.3. The van der Waals surface area contributed by atoms with E-state index >= 15 is 0 Å². The van der Waals surface area contributed by atoms with Gasteiger partial charge in [0.1, 0.15) is 0 Å². The van der Waals surface area contributed by atoms with Crippen LogP contribution in [0.1, 0.15) is 35.8 Å². The van der Waals surface area contributed by atoms with Crippen LogP contribution in [0.3, 0.4) is 0 Å². The Labute approximate surface area is 160 Å². The van der Waals surface area contributed by atoms with Gasteiger partial charge in [0.15, 0.2) is 0 Å². The fourth-order valence-corrected chi connectivity index (χ4v) is 4.37. The molecule has 0 unspecified atom stereocenters. The molecular weight excluding hydrogens is 407 g/mol. The topological polar surface area (TPSA) is 91.6 Å². The van der Waals surface area contributed by atoms with Crippen molar-refractivity contribution in [3.05, 3.63) is 59.8 Å². The average Bonchev–Trinajstić information content (AvgIpc) is 2.92. The molecule has 2 aromatic carbocycles. The summed E-state index contributed by atoms with van der Waals surface area (Å²) in [4.78, 5) is 13.0. The average molecular weight is 430 g/mol. The molecule has 0 aliphatic rings. The van der Waals surface area contributed by atoms with Crippen LogP contribution in [-0.4, -0.2) is 32.8 Å². The summed E-state index contributed by atoms with van der Waals surface area (Å²) in [5.41, 5.74) is 3.08. The molecule has 0 aliphatic heterocycles. The van der Waals surface area contributed by atoms with Crippen LogP contribution in [0.5, 0.6) is 0 Å². The maximum absolute atomic E-state index is 13.0. The van der Waals surface area contributed by atoms with Crippen molar-refractivity contribution in [1.82, 2.24) is 4.57 Å². The van der Waals surface area contributed by atoms with E-state index in [1.54, 1.807) is 0 Å². The summed E-state index contributed by atoms with van der Waals surface area (Å²) in [6, 6.07) is 13.7. The molecule has 1 heterocycles. The van der Waals surface area contributed by atoms with Crippen LogP contribution < -0.4 is 9.67 Å². The number of amides is 1. The molecule has 0 fully saturated rings. The van der Waals surface area contributed by atoms with Gasteiger partial charge in [0.05, 0.1) is 0 Å². The van der Waals surface area contributed by atoms with Crippen molar-refractivity contribution < 1.29 is 16.7 Å². The molecule has 0 spiro atoms. The first-order valence-electron chi connectivity index (χ1n) is 8.88. The molecule has 3 rings (SSSR count). The van der Waals surface area contributed by atoms with Gasteiger partial charge in [0.2, 0.25) is 0 Å². The molecule has 0 saturated heterocycles. The van der Waals surface area contributed by atoms with E-state index < -0.39 is 14.2 Å². The molecule has 0 atom stereocenters. The molecule has 142 valence electrons. The molecular formula is C20H23AsN2O4. The molecule has 1 amide bonds. The summed E-state index contributed by atoms with van der Waals surface area (Å²) in [5.74, 6) is -0.228. The van der Waals surface area contributed by atoms with Crippen LogP contribution in [-0.2, 0) is 10.3 Å². The Bertz CT molecular complexity index is 1020. The SMILES string of the molecule is CCCCn1c(C(=O)Nc2ccc([As](=O)(O)O)cc2)c(C)c2ccccc21. The summed E-state index contributed by atoms with van der Waals surface area (Å²) < 4.78 is 31.9. The van der Waals surface area contributed by atoms with Crippen molar-refractivity contribution in [3.8, 4) is 0 Å². The number of carbonyl (C=O) groups excluding carboxylic acids is 1. The van der Waals surface area contributed by atoms with Crippen LogP contribution in [0.25, 0.3) is 10.9 Å². The van der Waals surface area contributed by atoms with Gasteiger partial charge in [-0.15, -0.1) is 0 Å². The van der Waals surface area contributed by atoms with Crippen molar-refractivity contribution in [2.45, 2.75) is 33.2 Å². The van der Waals surface area contributed by atoms with E-state index in [0.29, 0.717) is 11.4 Å². The summed E-state index contributed by atoms with van der Waals surface area (Å²) in [7, 11) is 0. The number of anilines is 1. The maximum atomic E-state index is 13.0. The Morgan fingerprint density at radius 2 is 1.78 bits per heavy atom. The number of nitrogens with zero attached hydrogens (tertiary/aromatic N) is 1. The number of para-hydroxylation sites is 1. The monoisotopic (exact) mass is 430 g/mol. The quantitative estimate of drug-likeness (QED) is 0.525. The van der Waals surface area contributed by atoms with Gasteiger partial charge < -0.3 is 0 Å². The third kappa shape index (κ3) is 4.03. The van der Waals surface area contributed by atoms with Crippen LogP contribution >= 0.6 is 0 Å². The molecule has 0 bridgehead atoms. The number of nitrogens with one attached hydrogen (secondary N) is 1. The number of aromatic nitrogens is 1. The number of rotatable bonds is 6. The number of benzene rings is 2. The van der Waals surface area contributed by atoms with E-state index in [2.05, 4.69) is 16.8 Å². The second-order valence-corrected chi connectivity index (χ2v) is 9.91. The Morgan fingerprint density at radius 3 is 2.41 bits per heavy atom. The molecule has 0 aliphatic carbocycles. The van der Waals surface area contributed by atoms with Crippen LogP contribution in [0.4, 0.5) is 5.69 Å². The standard InChI is InChI=1S/C20H23AsN2O4/c1-3-4-13-23-18-8-6-5-7-17(18)14(2)19(23)20(24)22-16-11-9-15(10-12-16)21(25,26)27/h5-12H,3-4,13H2,1-2H3,(H,22,24)(H2,25,26,27). The number of aryl methyl sites for hydroxylation is 2. The third-order valence-corrected chi connectivity index (χ3v) is 6.67. The van der Waals surface area contributed by atoms with Crippen molar-refractivity contribution >= 4 is 41.0 Å². The van der Waals surface area contributed by atoms with Crippen LogP contribution in [0, 0.1) is 6.92 Å². The van der Waals surface area contributed by atoms with Gasteiger partial charge in [-0.3, -0.25) is 0 Å². The van der Waals surface area contributed by atoms with Gasteiger partial charge in [-0.1, -0.05) is 0 Å². The predicted octanol–water partition coefficient (Wildman–Crippen LogP) is 2.56. The molecule has 6 nitrogen and oxygen atoms in total. The van der Waals surface area contributed by atoms with Gasteiger partial charge in [-0.05, 0) is 0 Å². The zero-order chi connectivity index (χ0) is 19.6. The second kappa shape index (κ2) is 7.77. The van der Waals surface area contributed by atoms with Crippen molar-refractivity contribution in [1.29, 1.82) is 0 Å². The minimum atomic E-state index is -4.92. The Balaban J connectivity index is 1.95. The second-order valence-electron chi connectivity index (χ2n) is 6.54. The summed E-state index contributed by atoms with van der Waals surface area (Å²) in [6.45, 7) is 4.81. The van der Waals surface area contributed by atoms with E-state index in [-0.39, 0.29) is 10.3 Å². The molecule has 3 aromatic rings. The van der Waals surface area contributed by atoms with Crippen LogP contribution in [0.15, 0.2) is 48.5 Å². The Hall–Kier alpha value is -2.27. The molecule has 27 heavy (non-hydrogen) atoms. The van der Waals surface area contributed by atoms with Crippen LogP contribution in [0.2, 0.25) is 0 Å². The molecule has 3 N–H and O–H groups in total. The van der Waals surface area contributed by atoms with Gasteiger partial charge in [0, 0.05) is 0 Å². The molecule has 0 radical (unpaired) electrons. The van der Waals surface area contributed by atoms with Gasteiger partial charge in [-0.2, -0.15) is 0 Å². The number of carbonyl (C=O) groups is 1. The Morgan fingerprint density at radius 1 is 1.11 bits per heavy atom. The van der Waals surface area contributed by atoms with Gasteiger partial charge in [-0.25, -0.2) is 0 Å². The van der Waals surface area contributed by atoms with E-state index in [0.717, 1.165) is 35.9 Å². The summed E-state index contributed by atoms with van der Waals surface area (Å²) >= 11 is -4.92. The van der Waals surface area contributed by atoms with E-state index in [1.807, 2.05) is 31.2 Å². The Kier molecular flexibility index (Phi) is 5.61. The number of hydrogen-bond acceptors (Lipinski definition) is 2. The predicted molar refractivity (Wildman–Crippen MR) is 106 cm³/mol. The van der Waals surface area contributed by atoms with Gasteiger partial charge in [0.25, 0.3) is 0 Å². The molecule has 7 heteroatoms. The zero-order valence-electron chi connectivity index (χ0n) is 15.3. The number of hydrogen-bond donors (Lipinski definition) is 3. The van der Waals surface area contributed by atoms with E-state index in [4.69, 9.17) is 0 Å². The van der Waals surface area contributed by atoms with Crippen molar-refractivity contribution in [2.75, 3.05) is 5.32 Å². The minimum absolute atomic E-state index is 0.0145. The molecule has 1 aromatic heterocycles. The third-order valence-electron chi connectivity index (χ3n) is 4.64. The molecule has 0 saturated carbocycles. The number of fused-ring (bicyclic) bond motifs is 1. The van der Waals surface area contributed by atoms with Crippen molar-refractivity contribution in [3.63, 3.8) is 0 Å². The van der Waals surface area contributed by atoms with E-state index in [9.17, 15) is 16.7 Å². The van der Waals surface area contributed by atoms with Crippen molar-refractivity contribution in [2.24, 2.45) is 0 Å². The first kappa shape index (κ1) is 19.5. The fraction of sp³-hybridized carbons (Fsp3) is 0.250. The fourth-order valence-electron chi connectivity index (χ4n) is 3.25. The van der Waals surface area contributed by atoms with Gasteiger partial charge >= 0.3 is 161 Å². The summed E-state index contributed by atoms with van der Waals surface area (Å²) in [5, 5.41) is 3.90. The normalized spacial score (nSPS) is 11.7. The van der Waals surface area contributed by atoms with E-state index in [1.165, 1.54) is 24.3 Å². The summed E-state index contributed by atoms with van der Waals surface area (Å²) in [6.07, 6.45) is 2.00. The first-order chi connectivity index (χ1) is 12.8. The number of unbranched alkanes of at least 4 members (excludes halogenated alkanes) is 1.